The molecule has 24 heavy (non-hydrogen) atoms. The first kappa shape index (κ1) is 23.4. The number of nitrogens with one attached hydrogen (secondary N) is 2. The van der Waals surface area contributed by atoms with E-state index in [1.165, 1.54) is 0 Å². The van der Waals surface area contributed by atoms with Crippen LogP contribution < -0.4 is 10.6 Å². The van der Waals surface area contributed by atoms with Gasteiger partial charge in [-0.3, -0.25) is 14.7 Å². The molecule has 0 aromatic rings. The van der Waals surface area contributed by atoms with Crippen LogP contribution in [0.25, 0.3) is 0 Å². The summed E-state index contributed by atoms with van der Waals surface area (Å²) >= 11 is 0. The molecule has 0 aromatic carbocycles. The van der Waals surface area contributed by atoms with E-state index in [1.54, 1.807) is 4.90 Å². The third-order valence-corrected chi connectivity index (χ3v) is 4.30. The van der Waals surface area contributed by atoms with Crippen molar-refractivity contribution in [3.63, 3.8) is 0 Å². The van der Waals surface area contributed by atoms with Crippen molar-refractivity contribution in [1.82, 2.24) is 20.4 Å². The van der Waals surface area contributed by atoms with E-state index in [9.17, 15) is 4.79 Å². The van der Waals surface area contributed by atoms with Crippen LogP contribution in [0.3, 0.4) is 0 Å². The van der Waals surface area contributed by atoms with Crippen LogP contribution in [0.2, 0.25) is 0 Å². The molecule has 1 heterocycles. The first-order chi connectivity index (χ1) is 11.0. The van der Waals surface area contributed by atoms with Crippen molar-refractivity contribution in [3.05, 3.63) is 0 Å². The zero-order chi connectivity index (χ0) is 17.2. The van der Waals surface area contributed by atoms with Gasteiger partial charge in [-0.05, 0) is 46.1 Å². The lowest BCUT2D eigenvalue weighted by molar-refractivity contribution is -0.133. The van der Waals surface area contributed by atoms with E-state index in [2.05, 4.69) is 41.3 Å². The van der Waals surface area contributed by atoms with Gasteiger partial charge in [0.05, 0.1) is 6.04 Å². The lowest BCUT2D eigenvalue weighted by atomic mass is 10.2. The highest BCUT2D eigenvalue weighted by Crippen LogP contribution is 2.18. The number of rotatable bonds is 8. The van der Waals surface area contributed by atoms with Crippen LogP contribution in [0.15, 0.2) is 4.99 Å². The molecule has 6 nitrogen and oxygen atoms in total. The fourth-order valence-corrected chi connectivity index (χ4v) is 2.79. The van der Waals surface area contributed by atoms with Crippen LogP contribution in [0.1, 0.15) is 46.5 Å². The summed E-state index contributed by atoms with van der Waals surface area (Å²) in [5.74, 6) is 1.13. The molecule has 1 saturated heterocycles. The number of likely N-dealkylation sites (N-methyl/N-ethyl adjacent to an activating group) is 1. The molecular weight excluding hydrogens is 417 g/mol. The van der Waals surface area contributed by atoms with E-state index in [4.69, 9.17) is 0 Å². The van der Waals surface area contributed by atoms with Crippen LogP contribution in [-0.4, -0.2) is 74.0 Å². The van der Waals surface area contributed by atoms with Gasteiger partial charge in [-0.2, -0.15) is 0 Å². The molecule has 2 N–H and O–H groups in total. The van der Waals surface area contributed by atoms with Crippen LogP contribution in [0.4, 0.5) is 0 Å². The summed E-state index contributed by atoms with van der Waals surface area (Å²) in [5, 5.41) is 6.69. The molecule has 0 radical (unpaired) electrons. The van der Waals surface area contributed by atoms with Crippen LogP contribution >= 0.6 is 24.0 Å². The fourth-order valence-electron chi connectivity index (χ4n) is 2.79. The molecule has 0 bridgehead atoms. The second-order valence-corrected chi connectivity index (χ2v) is 6.49. The molecule has 1 aliphatic rings. The smallest absolute Gasteiger partial charge is 0.239 e. The van der Waals surface area contributed by atoms with Crippen molar-refractivity contribution < 1.29 is 4.79 Å². The maximum absolute atomic E-state index is 12.2. The Morgan fingerprint density at radius 3 is 2.67 bits per heavy atom. The Morgan fingerprint density at radius 2 is 2.08 bits per heavy atom. The van der Waals surface area contributed by atoms with Crippen molar-refractivity contribution in [3.8, 4) is 0 Å². The number of carbonyl (C=O) groups is 1. The highest BCUT2D eigenvalue weighted by atomic mass is 127. The summed E-state index contributed by atoms with van der Waals surface area (Å²) < 4.78 is 0. The topological polar surface area (TPSA) is 60.0 Å². The number of halogens is 1. The standard InChI is InChI=1S/C17H35N5O.HI/c1-6-14(3)20-17(18-7-2)19-11-9-13-22-12-8-10-15(22)16(23)21(4)5;/h14-15H,6-13H2,1-5H3,(H2,18,19,20);1H. The minimum Gasteiger partial charge on any atom is -0.357 e. The Balaban J connectivity index is 0.00000529. The first-order valence-electron chi connectivity index (χ1n) is 8.99. The van der Waals surface area contributed by atoms with Crippen LogP contribution in [-0.2, 0) is 4.79 Å². The molecule has 0 saturated carbocycles. The summed E-state index contributed by atoms with van der Waals surface area (Å²) in [6, 6.07) is 0.494. The molecule has 0 aliphatic carbocycles. The lowest BCUT2D eigenvalue weighted by Crippen LogP contribution is -2.43. The number of hydrogen-bond donors (Lipinski definition) is 2. The molecule has 2 unspecified atom stereocenters. The third-order valence-electron chi connectivity index (χ3n) is 4.30. The largest absolute Gasteiger partial charge is 0.357 e. The Hall–Kier alpha value is -0.570. The van der Waals surface area contributed by atoms with Gasteiger partial charge >= 0.3 is 0 Å². The second-order valence-electron chi connectivity index (χ2n) is 6.49. The van der Waals surface area contributed by atoms with Crippen LogP contribution in [0.5, 0.6) is 0 Å². The molecule has 0 aromatic heterocycles. The van der Waals surface area contributed by atoms with Gasteiger partial charge in [0, 0.05) is 39.8 Å². The fraction of sp³-hybridized carbons (Fsp3) is 0.882. The summed E-state index contributed by atoms with van der Waals surface area (Å²) in [6.07, 6.45) is 4.16. The molecule has 142 valence electrons. The number of nitrogens with zero attached hydrogens (tertiary/aromatic N) is 3. The van der Waals surface area contributed by atoms with Gasteiger partial charge in [-0.1, -0.05) is 6.92 Å². The normalized spacial score (nSPS) is 19.5. The monoisotopic (exact) mass is 453 g/mol. The van der Waals surface area contributed by atoms with E-state index in [1.807, 2.05) is 14.1 Å². The van der Waals surface area contributed by atoms with Gasteiger partial charge in [0.2, 0.25) is 5.91 Å². The zero-order valence-electron chi connectivity index (χ0n) is 16.0. The number of likely N-dealkylation sites (tertiary alicyclic amines) is 1. The number of guanidine groups is 1. The first-order valence-corrected chi connectivity index (χ1v) is 8.99. The average Bonchev–Trinajstić information content (AvgIpc) is 2.98. The van der Waals surface area contributed by atoms with Crippen molar-refractivity contribution >= 4 is 35.8 Å². The Labute approximate surface area is 164 Å². The van der Waals surface area contributed by atoms with Gasteiger partial charge in [0.25, 0.3) is 0 Å². The molecule has 1 fully saturated rings. The molecule has 0 spiro atoms. The molecular formula is C17H36IN5O. The summed E-state index contributed by atoms with van der Waals surface area (Å²) in [4.78, 5) is 20.8. The van der Waals surface area contributed by atoms with Crippen molar-refractivity contribution in [1.29, 1.82) is 0 Å². The van der Waals surface area contributed by atoms with Gasteiger partial charge in [0.15, 0.2) is 5.96 Å². The van der Waals surface area contributed by atoms with Crippen molar-refractivity contribution in [2.45, 2.75) is 58.5 Å². The second kappa shape index (κ2) is 12.7. The zero-order valence-corrected chi connectivity index (χ0v) is 18.3. The van der Waals surface area contributed by atoms with E-state index in [0.717, 1.165) is 57.8 Å². The van der Waals surface area contributed by atoms with E-state index >= 15 is 0 Å². The van der Waals surface area contributed by atoms with Gasteiger partial charge < -0.3 is 15.5 Å². The highest BCUT2D eigenvalue weighted by Gasteiger charge is 2.30. The molecule has 7 heteroatoms. The van der Waals surface area contributed by atoms with Crippen molar-refractivity contribution in [2.24, 2.45) is 4.99 Å². The van der Waals surface area contributed by atoms with Gasteiger partial charge in [-0.15, -0.1) is 24.0 Å². The summed E-state index contributed by atoms with van der Waals surface area (Å²) in [5.41, 5.74) is 0. The SMILES string of the molecule is CCNC(=NCCCN1CCCC1C(=O)N(C)C)NC(C)CC.I. The Morgan fingerprint density at radius 1 is 1.38 bits per heavy atom. The van der Waals surface area contributed by atoms with E-state index in [0.29, 0.717) is 6.04 Å². The Kier molecular flexibility index (Phi) is 12.4. The maximum atomic E-state index is 12.2. The minimum absolute atomic E-state index is 0. The minimum atomic E-state index is 0. The molecule has 1 rings (SSSR count). The lowest BCUT2D eigenvalue weighted by Gasteiger charge is -2.25. The molecule has 2 atom stereocenters. The third kappa shape index (κ3) is 8.00. The average molecular weight is 453 g/mol. The number of carbonyl (C=O) groups excluding carboxylic acids is 1. The molecule has 1 amide bonds. The number of hydrogen-bond acceptors (Lipinski definition) is 3. The highest BCUT2D eigenvalue weighted by molar-refractivity contribution is 14.0. The van der Waals surface area contributed by atoms with Crippen LogP contribution in [0, 0.1) is 0 Å². The van der Waals surface area contributed by atoms with E-state index < -0.39 is 0 Å². The van der Waals surface area contributed by atoms with E-state index in [-0.39, 0.29) is 35.9 Å². The number of aliphatic imine (C=N–C) groups is 1. The Bertz CT molecular complexity index is 389. The quantitative estimate of drug-likeness (QED) is 0.255. The van der Waals surface area contributed by atoms with Crippen molar-refractivity contribution in [2.75, 3.05) is 40.3 Å². The summed E-state index contributed by atoms with van der Waals surface area (Å²) in [6.45, 7) is 10.0. The predicted octanol–water partition coefficient (Wildman–Crippen LogP) is 1.90. The molecule has 1 aliphatic heterocycles. The summed E-state index contributed by atoms with van der Waals surface area (Å²) in [7, 11) is 3.68. The van der Waals surface area contributed by atoms with Gasteiger partial charge in [-0.25, -0.2) is 0 Å². The predicted molar refractivity (Wildman–Crippen MR) is 112 cm³/mol. The van der Waals surface area contributed by atoms with Gasteiger partial charge in [0.1, 0.15) is 0 Å². The number of amides is 1. The maximum Gasteiger partial charge on any atom is 0.239 e.